The topological polar surface area (TPSA) is 63.5 Å². The molecule has 0 unspecified atom stereocenters. The van der Waals surface area contributed by atoms with E-state index < -0.39 is 22.3 Å². The number of halogens is 2. The summed E-state index contributed by atoms with van der Waals surface area (Å²) in [5.74, 6) is -0.888. The number of amides is 1. The van der Waals surface area contributed by atoms with Gasteiger partial charge in [0, 0.05) is 19.0 Å². The number of hydrogen-bond donors (Lipinski definition) is 0. The third-order valence-corrected chi connectivity index (χ3v) is 3.80. The normalized spacial score (nSPS) is 21.1. The second-order valence-electron chi connectivity index (χ2n) is 5.04. The van der Waals surface area contributed by atoms with Gasteiger partial charge in [0.15, 0.2) is 0 Å². The zero-order valence-electron chi connectivity index (χ0n) is 10.9. The summed E-state index contributed by atoms with van der Waals surface area (Å²) in [6.45, 7) is 0.497. The molecule has 1 aliphatic rings. The van der Waals surface area contributed by atoms with E-state index in [9.17, 15) is 19.3 Å². The molecular weight excluding hydrogens is 287 g/mol. The van der Waals surface area contributed by atoms with Crippen LogP contribution in [0.1, 0.15) is 23.2 Å². The average Bonchev–Trinajstić information content (AvgIpc) is 2.35. The van der Waals surface area contributed by atoms with Crippen LogP contribution in [-0.4, -0.2) is 34.7 Å². The first-order valence-electron chi connectivity index (χ1n) is 6.22. The summed E-state index contributed by atoms with van der Waals surface area (Å²) in [6.07, 6.45) is 1.68. The first-order valence-corrected chi connectivity index (χ1v) is 6.65. The molecule has 0 atom stereocenters. The number of carbonyl (C=O) groups excluding carboxylic acids is 1. The van der Waals surface area contributed by atoms with Gasteiger partial charge in [0.2, 0.25) is 0 Å². The van der Waals surface area contributed by atoms with Crippen molar-refractivity contribution < 1.29 is 14.1 Å². The lowest BCUT2D eigenvalue weighted by Gasteiger charge is -2.34. The average molecular weight is 301 g/mol. The van der Waals surface area contributed by atoms with E-state index in [2.05, 4.69) is 0 Å². The van der Waals surface area contributed by atoms with Crippen LogP contribution in [0.3, 0.4) is 0 Å². The van der Waals surface area contributed by atoms with Crippen LogP contribution in [0.4, 0.5) is 10.1 Å². The first-order chi connectivity index (χ1) is 9.38. The van der Waals surface area contributed by atoms with Crippen LogP contribution in [0.15, 0.2) is 18.2 Å². The van der Waals surface area contributed by atoms with Gasteiger partial charge in [-0.3, -0.25) is 14.9 Å². The fourth-order valence-corrected chi connectivity index (χ4v) is 2.82. The zero-order chi connectivity index (χ0) is 14.9. The molecule has 0 saturated heterocycles. The van der Waals surface area contributed by atoms with Crippen LogP contribution in [0.25, 0.3) is 0 Å². The van der Waals surface area contributed by atoms with Gasteiger partial charge >= 0.3 is 0 Å². The number of nitro benzene ring substituents is 1. The first kappa shape index (κ1) is 14.7. The minimum atomic E-state index is -0.748. The van der Waals surface area contributed by atoms with Crippen molar-refractivity contribution in [2.75, 3.05) is 13.6 Å². The molecule has 7 heteroatoms. The number of alkyl halides is 1. The predicted octanol–water partition coefficient (Wildman–Crippen LogP) is 2.82. The predicted molar refractivity (Wildman–Crippen MR) is 72.4 cm³/mol. The summed E-state index contributed by atoms with van der Waals surface area (Å²) >= 11 is 5.87. The number of hydrogen-bond acceptors (Lipinski definition) is 3. The van der Waals surface area contributed by atoms with Crippen molar-refractivity contribution in [2.45, 2.75) is 18.2 Å². The van der Waals surface area contributed by atoms with Gasteiger partial charge in [-0.1, -0.05) is 0 Å². The molecule has 5 nitrogen and oxygen atoms in total. The molecule has 0 aromatic heterocycles. The molecular formula is C13H14ClFN2O3. The monoisotopic (exact) mass is 300 g/mol. The van der Waals surface area contributed by atoms with Crippen molar-refractivity contribution in [3.63, 3.8) is 0 Å². The van der Waals surface area contributed by atoms with E-state index in [0.29, 0.717) is 12.5 Å². The quantitative estimate of drug-likeness (QED) is 0.488. The maximum Gasteiger partial charge on any atom is 0.285 e. The van der Waals surface area contributed by atoms with E-state index in [1.807, 2.05) is 0 Å². The summed E-state index contributed by atoms with van der Waals surface area (Å²) < 4.78 is 13.0. The summed E-state index contributed by atoms with van der Waals surface area (Å²) in [5.41, 5.74) is -0.605. The fraction of sp³-hybridized carbons (Fsp3) is 0.462. The highest BCUT2D eigenvalue weighted by Crippen LogP contribution is 2.32. The molecule has 0 spiro atoms. The molecule has 1 aromatic carbocycles. The Morgan fingerprint density at radius 1 is 1.55 bits per heavy atom. The van der Waals surface area contributed by atoms with Crippen LogP contribution >= 0.6 is 11.6 Å². The summed E-state index contributed by atoms with van der Waals surface area (Å²) in [4.78, 5) is 23.8. The maximum absolute atomic E-state index is 13.0. The lowest BCUT2D eigenvalue weighted by atomic mass is 9.84. The number of nitro groups is 1. The third kappa shape index (κ3) is 3.07. The lowest BCUT2D eigenvalue weighted by Crippen LogP contribution is -2.38. The van der Waals surface area contributed by atoms with Crippen LogP contribution in [0.2, 0.25) is 0 Å². The molecule has 108 valence electrons. The van der Waals surface area contributed by atoms with E-state index in [4.69, 9.17) is 11.6 Å². The van der Waals surface area contributed by atoms with Crippen LogP contribution in [-0.2, 0) is 0 Å². The summed E-state index contributed by atoms with van der Waals surface area (Å²) in [5, 5.41) is 11.0. The van der Waals surface area contributed by atoms with E-state index in [1.54, 1.807) is 7.05 Å². The molecule has 0 N–H and O–H groups in total. The smallest absolute Gasteiger partial charge is 0.285 e. The summed E-state index contributed by atoms with van der Waals surface area (Å²) in [6, 6.07) is 2.96. The second-order valence-corrected chi connectivity index (χ2v) is 5.66. The number of benzene rings is 1. The molecule has 2 rings (SSSR count). The summed E-state index contributed by atoms with van der Waals surface area (Å²) in [7, 11) is 1.58. The van der Waals surface area contributed by atoms with Gasteiger partial charge in [-0.2, -0.15) is 0 Å². The minimum Gasteiger partial charge on any atom is -0.341 e. The molecule has 0 radical (unpaired) electrons. The Labute approximate surface area is 120 Å². The lowest BCUT2D eigenvalue weighted by molar-refractivity contribution is -0.385. The van der Waals surface area contributed by atoms with E-state index in [1.165, 1.54) is 4.90 Å². The van der Waals surface area contributed by atoms with E-state index in [-0.39, 0.29) is 10.9 Å². The van der Waals surface area contributed by atoms with Crippen molar-refractivity contribution in [1.82, 2.24) is 4.90 Å². The van der Waals surface area contributed by atoms with Crippen LogP contribution in [0, 0.1) is 21.8 Å². The van der Waals surface area contributed by atoms with Crippen molar-refractivity contribution in [3.05, 3.63) is 39.7 Å². The maximum atomic E-state index is 13.0. The highest BCUT2D eigenvalue weighted by atomic mass is 35.5. The fourth-order valence-electron chi connectivity index (χ4n) is 2.32. The molecule has 1 fully saturated rings. The third-order valence-electron chi connectivity index (χ3n) is 3.44. The van der Waals surface area contributed by atoms with Gasteiger partial charge in [-0.25, -0.2) is 4.39 Å². The van der Waals surface area contributed by atoms with Gasteiger partial charge < -0.3 is 4.90 Å². The molecule has 1 aromatic rings. The molecule has 0 heterocycles. The molecule has 0 aliphatic heterocycles. The SMILES string of the molecule is CN(CC1CC(Cl)C1)C(=O)c1ccc(F)cc1[N+](=O)[O-]. The van der Waals surface area contributed by atoms with Crippen molar-refractivity contribution in [3.8, 4) is 0 Å². The Balaban J connectivity index is 2.13. The Kier molecular flexibility index (Phi) is 4.23. The van der Waals surface area contributed by atoms with Crippen LogP contribution in [0.5, 0.6) is 0 Å². The standard InChI is InChI=1S/C13H14ClFN2O3/c1-16(7-8-4-9(14)5-8)13(18)11-3-2-10(15)6-12(11)17(19)20/h2-3,6,8-9H,4-5,7H2,1H3. The molecule has 20 heavy (non-hydrogen) atoms. The number of rotatable bonds is 4. The largest absolute Gasteiger partial charge is 0.341 e. The molecule has 0 bridgehead atoms. The molecule has 1 amide bonds. The highest BCUT2D eigenvalue weighted by Gasteiger charge is 2.31. The van der Waals surface area contributed by atoms with E-state index >= 15 is 0 Å². The van der Waals surface area contributed by atoms with Crippen molar-refractivity contribution >= 4 is 23.2 Å². The van der Waals surface area contributed by atoms with Crippen molar-refractivity contribution in [2.24, 2.45) is 5.92 Å². The van der Waals surface area contributed by atoms with E-state index in [0.717, 1.165) is 31.0 Å². The Morgan fingerprint density at radius 3 is 2.75 bits per heavy atom. The highest BCUT2D eigenvalue weighted by molar-refractivity contribution is 6.21. The van der Waals surface area contributed by atoms with Gasteiger partial charge in [-0.15, -0.1) is 11.6 Å². The second kappa shape index (κ2) is 5.75. The Hall–Kier alpha value is -1.69. The van der Waals surface area contributed by atoms with Gasteiger partial charge in [-0.05, 0) is 30.9 Å². The number of nitrogens with zero attached hydrogens (tertiary/aromatic N) is 2. The van der Waals surface area contributed by atoms with Crippen molar-refractivity contribution in [1.29, 1.82) is 0 Å². The van der Waals surface area contributed by atoms with Crippen LogP contribution < -0.4 is 0 Å². The zero-order valence-corrected chi connectivity index (χ0v) is 11.6. The van der Waals surface area contributed by atoms with Gasteiger partial charge in [0.1, 0.15) is 11.4 Å². The van der Waals surface area contributed by atoms with Gasteiger partial charge in [0.05, 0.1) is 11.0 Å². The molecule has 1 saturated carbocycles. The van der Waals surface area contributed by atoms with Gasteiger partial charge in [0.25, 0.3) is 11.6 Å². The molecule has 1 aliphatic carbocycles. The Bertz CT molecular complexity index is 546. The minimum absolute atomic E-state index is 0.0966. The Morgan fingerprint density at radius 2 is 2.20 bits per heavy atom. The number of carbonyl (C=O) groups is 1.